The first-order chi connectivity index (χ1) is 30.0. The van der Waals surface area contributed by atoms with Crippen LogP contribution in [0.25, 0.3) is 105 Å². The molecule has 12 rings (SSSR count). The molecule has 0 aliphatic heterocycles. The zero-order valence-corrected chi connectivity index (χ0v) is 34.4. The smallest absolute Gasteiger partial charge is 0.164 e. The Bertz CT molecular complexity index is 3440. The molecule has 0 fully saturated rings. The summed E-state index contributed by atoms with van der Waals surface area (Å²) in [6, 6.07) is 64.8. The topological polar surface area (TPSA) is 56.5 Å². The van der Waals surface area contributed by atoms with Crippen molar-refractivity contribution < 1.29 is 0 Å². The van der Waals surface area contributed by atoms with Crippen LogP contribution in [-0.4, -0.2) is 24.5 Å². The summed E-state index contributed by atoms with van der Waals surface area (Å²) in [5.74, 6) is 1.91. The molecule has 3 heterocycles. The van der Waals surface area contributed by atoms with Gasteiger partial charge in [-0.25, -0.2) is 19.9 Å². The van der Waals surface area contributed by atoms with Crippen LogP contribution in [0.2, 0.25) is 0 Å². The van der Waals surface area contributed by atoms with E-state index in [1.807, 2.05) is 66.2 Å². The molecular formula is C55H37N5S. The van der Waals surface area contributed by atoms with E-state index < -0.39 is 0 Å². The van der Waals surface area contributed by atoms with Crippen LogP contribution in [0.15, 0.2) is 188 Å². The number of benzene rings is 8. The lowest BCUT2D eigenvalue weighted by molar-refractivity contribution is 0.665. The van der Waals surface area contributed by atoms with Gasteiger partial charge >= 0.3 is 0 Å². The number of aromatic nitrogens is 5. The first kappa shape index (κ1) is 35.4. The van der Waals surface area contributed by atoms with Crippen molar-refractivity contribution in [2.24, 2.45) is 0 Å². The molecule has 0 bridgehead atoms. The molecular weight excluding hydrogens is 763 g/mol. The minimum absolute atomic E-state index is 0.174. The van der Waals surface area contributed by atoms with Crippen LogP contribution in [0.4, 0.5) is 0 Å². The van der Waals surface area contributed by atoms with E-state index in [2.05, 4.69) is 140 Å². The van der Waals surface area contributed by atoms with Gasteiger partial charge in [-0.1, -0.05) is 147 Å². The SMILES string of the molecule is CC1(C)c2cc(-c3ccc4c(c3)c3cc(-c5ccccc5)ccc3n4-c3cccc(-c4nc(-c5ccccc5)nc(-c5ccccc5)n4)c3)ccc2-c2ccc3scnc3c21. The average Bonchev–Trinajstić information content (AvgIpc) is 4.00. The summed E-state index contributed by atoms with van der Waals surface area (Å²) in [5.41, 5.74) is 19.1. The standard InChI is InChI=1S/C55H37N5S/c1-55(2)46-32-39(21-24-42(46)43-25-28-49-51(50(43)55)56-33-61-49)38-23-27-48-45(31-38)44-30-37(34-13-6-3-7-14-34)22-26-47(44)60(48)41-20-12-19-40(29-41)54-58-52(35-15-8-4-9-16-35)57-53(59-54)36-17-10-5-11-18-36/h3-33H,1-2H3. The first-order valence-electron chi connectivity index (χ1n) is 20.6. The molecule has 1 aliphatic carbocycles. The molecule has 0 spiro atoms. The number of thiazole rings is 1. The van der Waals surface area contributed by atoms with Gasteiger partial charge in [0.05, 0.1) is 26.8 Å². The maximum atomic E-state index is 5.06. The van der Waals surface area contributed by atoms with Gasteiger partial charge in [0.15, 0.2) is 17.5 Å². The Kier molecular flexibility index (Phi) is 7.99. The first-order valence-corrected chi connectivity index (χ1v) is 21.5. The molecule has 5 nitrogen and oxygen atoms in total. The third-order valence-corrected chi connectivity index (χ3v) is 13.2. The van der Waals surface area contributed by atoms with Gasteiger partial charge in [-0.3, -0.25) is 0 Å². The molecule has 0 unspecified atom stereocenters. The van der Waals surface area contributed by atoms with E-state index >= 15 is 0 Å². The zero-order valence-electron chi connectivity index (χ0n) is 33.5. The largest absolute Gasteiger partial charge is 0.309 e. The lowest BCUT2D eigenvalue weighted by Gasteiger charge is -2.22. The number of nitrogens with zero attached hydrogens (tertiary/aromatic N) is 5. The van der Waals surface area contributed by atoms with Crippen molar-refractivity contribution in [3.63, 3.8) is 0 Å². The van der Waals surface area contributed by atoms with Gasteiger partial charge in [-0.05, 0) is 93.0 Å². The summed E-state index contributed by atoms with van der Waals surface area (Å²) in [4.78, 5) is 19.9. The maximum Gasteiger partial charge on any atom is 0.164 e. The molecule has 6 heteroatoms. The van der Waals surface area contributed by atoms with E-state index in [0.29, 0.717) is 17.5 Å². The second-order valence-electron chi connectivity index (χ2n) is 16.3. The second-order valence-corrected chi connectivity index (χ2v) is 17.2. The van der Waals surface area contributed by atoms with Crippen molar-refractivity contribution in [1.82, 2.24) is 24.5 Å². The fourth-order valence-electron chi connectivity index (χ4n) is 9.41. The Morgan fingerprint density at radius 2 is 0.967 bits per heavy atom. The molecule has 8 aromatic carbocycles. The highest BCUT2D eigenvalue weighted by atomic mass is 32.1. The van der Waals surface area contributed by atoms with Crippen molar-refractivity contribution in [3.05, 3.63) is 199 Å². The Morgan fingerprint density at radius 3 is 1.61 bits per heavy atom. The van der Waals surface area contributed by atoms with Crippen molar-refractivity contribution >= 4 is 43.4 Å². The maximum absolute atomic E-state index is 5.06. The Labute approximate surface area is 357 Å². The third-order valence-electron chi connectivity index (χ3n) is 12.4. The molecule has 0 radical (unpaired) electrons. The van der Waals surface area contributed by atoms with Crippen LogP contribution < -0.4 is 0 Å². The van der Waals surface area contributed by atoms with Gasteiger partial charge in [0.2, 0.25) is 0 Å². The van der Waals surface area contributed by atoms with E-state index in [-0.39, 0.29) is 5.41 Å². The Balaban J connectivity index is 1.02. The molecule has 1 aliphatic rings. The summed E-state index contributed by atoms with van der Waals surface area (Å²) < 4.78 is 3.62. The molecule has 0 N–H and O–H groups in total. The van der Waals surface area contributed by atoms with Gasteiger partial charge < -0.3 is 4.57 Å². The summed E-state index contributed by atoms with van der Waals surface area (Å²) in [6.07, 6.45) is 0. The fraction of sp³-hybridized carbons (Fsp3) is 0.0545. The van der Waals surface area contributed by atoms with E-state index in [1.165, 1.54) is 60.0 Å². The lowest BCUT2D eigenvalue weighted by Crippen LogP contribution is -2.15. The summed E-state index contributed by atoms with van der Waals surface area (Å²) in [7, 11) is 0. The summed E-state index contributed by atoms with van der Waals surface area (Å²) >= 11 is 1.71. The summed E-state index contributed by atoms with van der Waals surface area (Å²) in [5, 5.41) is 2.39. The van der Waals surface area contributed by atoms with Crippen molar-refractivity contribution in [2.75, 3.05) is 0 Å². The minimum Gasteiger partial charge on any atom is -0.309 e. The lowest BCUT2D eigenvalue weighted by atomic mass is 9.81. The Hall–Kier alpha value is -7.54. The third kappa shape index (κ3) is 5.75. The van der Waals surface area contributed by atoms with Crippen LogP contribution in [0.5, 0.6) is 0 Å². The van der Waals surface area contributed by atoms with Gasteiger partial charge in [0, 0.05) is 38.6 Å². The van der Waals surface area contributed by atoms with Crippen molar-refractivity contribution in [3.8, 4) is 73.2 Å². The second kappa shape index (κ2) is 13.8. The fourth-order valence-corrected chi connectivity index (χ4v) is 10.1. The average molecular weight is 800 g/mol. The molecule has 0 amide bonds. The molecule has 0 saturated heterocycles. The van der Waals surface area contributed by atoms with E-state index in [9.17, 15) is 0 Å². The molecule has 0 saturated carbocycles. The molecule has 0 atom stereocenters. The normalized spacial score (nSPS) is 12.9. The zero-order chi connectivity index (χ0) is 40.7. The predicted molar refractivity (Wildman–Crippen MR) is 252 cm³/mol. The molecule has 288 valence electrons. The number of rotatable bonds is 6. The Morgan fingerprint density at radius 1 is 0.443 bits per heavy atom. The molecule has 11 aromatic rings. The van der Waals surface area contributed by atoms with Crippen molar-refractivity contribution in [2.45, 2.75) is 19.3 Å². The highest BCUT2D eigenvalue weighted by Crippen LogP contribution is 2.52. The van der Waals surface area contributed by atoms with Crippen LogP contribution in [0.3, 0.4) is 0 Å². The van der Waals surface area contributed by atoms with Crippen LogP contribution >= 0.6 is 11.3 Å². The molecule has 61 heavy (non-hydrogen) atoms. The van der Waals surface area contributed by atoms with Crippen molar-refractivity contribution in [1.29, 1.82) is 0 Å². The van der Waals surface area contributed by atoms with E-state index in [0.717, 1.165) is 38.9 Å². The van der Waals surface area contributed by atoms with E-state index in [4.69, 9.17) is 19.9 Å². The molecule has 3 aromatic heterocycles. The quantitative estimate of drug-likeness (QED) is 0.168. The van der Waals surface area contributed by atoms with Gasteiger partial charge in [-0.2, -0.15) is 0 Å². The van der Waals surface area contributed by atoms with Gasteiger partial charge in [-0.15, -0.1) is 11.3 Å². The van der Waals surface area contributed by atoms with Gasteiger partial charge in [0.1, 0.15) is 0 Å². The predicted octanol–water partition coefficient (Wildman–Crippen LogP) is 14.2. The van der Waals surface area contributed by atoms with Gasteiger partial charge in [0.25, 0.3) is 0 Å². The minimum atomic E-state index is -0.174. The highest BCUT2D eigenvalue weighted by Gasteiger charge is 2.38. The number of hydrogen-bond donors (Lipinski definition) is 0. The highest BCUT2D eigenvalue weighted by molar-refractivity contribution is 7.16. The van der Waals surface area contributed by atoms with Crippen LogP contribution in [-0.2, 0) is 5.41 Å². The van der Waals surface area contributed by atoms with Crippen LogP contribution in [0, 0.1) is 0 Å². The number of hydrogen-bond acceptors (Lipinski definition) is 5. The van der Waals surface area contributed by atoms with Crippen LogP contribution in [0.1, 0.15) is 25.0 Å². The summed E-state index contributed by atoms with van der Waals surface area (Å²) in [6.45, 7) is 4.69. The van der Waals surface area contributed by atoms with E-state index in [1.54, 1.807) is 11.3 Å². The monoisotopic (exact) mass is 799 g/mol. The number of fused-ring (bicyclic) bond motifs is 8.